The van der Waals surface area contributed by atoms with E-state index in [0.29, 0.717) is 21.6 Å². The number of esters is 1. The monoisotopic (exact) mass is 439 g/mol. The molecule has 0 aliphatic rings. The van der Waals surface area contributed by atoms with E-state index in [4.69, 9.17) is 4.74 Å². The Morgan fingerprint density at radius 1 is 1.10 bits per heavy atom. The van der Waals surface area contributed by atoms with Gasteiger partial charge in [0, 0.05) is 17.5 Å². The topological polar surface area (TPSA) is 83.2 Å². The van der Waals surface area contributed by atoms with Crippen LogP contribution in [-0.2, 0) is 29.2 Å². The highest BCUT2D eigenvalue weighted by Crippen LogP contribution is 2.24. The highest BCUT2D eigenvalue weighted by atomic mass is 32.1. The largest absolute Gasteiger partial charge is 0.458 e. The Kier molecular flexibility index (Phi) is 5.77. The van der Waals surface area contributed by atoms with Crippen LogP contribution in [0.5, 0.6) is 0 Å². The minimum absolute atomic E-state index is 0.0589. The lowest BCUT2D eigenvalue weighted by molar-refractivity contribution is -0.145. The van der Waals surface area contributed by atoms with Crippen molar-refractivity contribution in [3.05, 3.63) is 86.3 Å². The van der Waals surface area contributed by atoms with Crippen LogP contribution in [0.25, 0.3) is 21.5 Å². The lowest BCUT2D eigenvalue weighted by Gasteiger charge is -2.12. The van der Waals surface area contributed by atoms with E-state index in [0.717, 1.165) is 10.1 Å². The van der Waals surface area contributed by atoms with Gasteiger partial charge in [-0.15, -0.1) is 11.3 Å². The summed E-state index contributed by atoms with van der Waals surface area (Å²) >= 11 is 1.36. The van der Waals surface area contributed by atoms with Crippen LogP contribution in [0.1, 0.15) is 12.6 Å². The number of thiazole rings is 1. The fourth-order valence-corrected chi connectivity index (χ4v) is 4.04. The molecule has 0 N–H and O–H groups in total. The first-order chi connectivity index (χ1) is 15.0. The number of carbonyl (C=O) groups is 1. The van der Waals surface area contributed by atoms with Gasteiger partial charge in [0.15, 0.2) is 0 Å². The molecule has 0 atom stereocenters. The quantitative estimate of drug-likeness (QED) is 0.431. The van der Waals surface area contributed by atoms with Gasteiger partial charge in [-0.3, -0.25) is 18.7 Å². The van der Waals surface area contributed by atoms with Crippen LogP contribution in [0.4, 0.5) is 4.39 Å². The summed E-state index contributed by atoms with van der Waals surface area (Å²) in [5, 5.41) is 2.80. The van der Waals surface area contributed by atoms with E-state index in [9.17, 15) is 18.8 Å². The second kappa shape index (κ2) is 8.65. The SMILES string of the molecule is CCn1c(=O)c2ccccc2n(CC(=O)OCc2csc(-c3ccc(F)cc3)n2)c1=O. The summed E-state index contributed by atoms with van der Waals surface area (Å²) in [4.78, 5) is 42.0. The zero-order valence-electron chi connectivity index (χ0n) is 16.6. The summed E-state index contributed by atoms with van der Waals surface area (Å²) in [6.45, 7) is 1.51. The number of carbonyl (C=O) groups excluding carboxylic acids is 1. The molecule has 0 spiro atoms. The van der Waals surface area contributed by atoms with Crippen LogP contribution in [-0.4, -0.2) is 20.1 Å². The van der Waals surface area contributed by atoms with Crippen molar-refractivity contribution in [2.75, 3.05) is 0 Å². The van der Waals surface area contributed by atoms with Gasteiger partial charge in [-0.25, -0.2) is 14.2 Å². The third kappa shape index (κ3) is 4.17. The maximum Gasteiger partial charge on any atom is 0.332 e. The Bertz CT molecular complexity index is 1370. The van der Waals surface area contributed by atoms with Crippen LogP contribution in [0, 0.1) is 5.82 Å². The Balaban J connectivity index is 1.51. The number of nitrogens with zero attached hydrogens (tertiary/aromatic N) is 3. The van der Waals surface area contributed by atoms with Crippen LogP contribution >= 0.6 is 11.3 Å². The van der Waals surface area contributed by atoms with Crippen molar-refractivity contribution in [2.45, 2.75) is 26.6 Å². The molecule has 31 heavy (non-hydrogen) atoms. The molecule has 0 aliphatic carbocycles. The molecule has 4 aromatic rings. The molecule has 158 valence electrons. The summed E-state index contributed by atoms with van der Waals surface area (Å²) in [6.07, 6.45) is 0. The van der Waals surface area contributed by atoms with Gasteiger partial charge < -0.3 is 4.74 Å². The zero-order chi connectivity index (χ0) is 22.0. The molecular formula is C22H18FN3O4S. The van der Waals surface area contributed by atoms with Gasteiger partial charge in [0.05, 0.1) is 16.6 Å². The molecule has 2 aromatic heterocycles. The number of benzene rings is 2. The normalized spacial score (nSPS) is 11.0. The molecule has 9 heteroatoms. The van der Waals surface area contributed by atoms with E-state index in [1.54, 1.807) is 48.7 Å². The van der Waals surface area contributed by atoms with Gasteiger partial charge >= 0.3 is 11.7 Å². The first-order valence-corrected chi connectivity index (χ1v) is 10.4. The highest BCUT2D eigenvalue weighted by molar-refractivity contribution is 7.13. The second-order valence-corrected chi connectivity index (χ2v) is 7.60. The predicted octanol–water partition coefficient (Wildman–Crippen LogP) is 3.19. The van der Waals surface area contributed by atoms with Crippen molar-refractivity contribution in [1.29, 1.82) is 0 Å². The highest BCUT2D eigenvalue weighted by Gasteiger charge is 2.15. The molecule has 0 fully saturated rings. The number of hydrogen-bond donors (Lipinski definition) is 0. The number of rotatable bonds is 6. The fraction of sp³-hybridized carbons (Fsp3) is 0.182. The Morgan fingerprint density at radius 3 is 2.58 bits per heavy atom. The summed E-state index contributed by atoms with van der Waals surface area (Å²) < 4.78 is 20.7. The van der Waals surface area contributed by atoms with Gasteiger partial charge in [0.1, 0.15) is 24.0 Å². The summed E-state index contributed by atoms with van der Waals surface area (Å²) in [6, 6.07) is 12.6. The third-order valence-electron chi connectivity index (χ3n) is 4.76. The Hall–Kier alpha value is -3.59. The van der Waals surface area contributed by atoms with E-state index in [2.05, 4.69) is 4.98 Å². The molecule has 0 saturated carbocycles. The number of aromatic nitrogens is 3. The van der Waals surface area contributed by atoms with E-state index >= 15 is 0 Å². The lowest BCUT2D eigenvalue weighted by Crippen LogP contribution is -2.40. The van der Waals surface area contributed by atoms with Gasteiger partial charge in [0.25, 0.3) is 5.56 Å². The Labute approximate surface area is 180 Å². The van der Waals surface area contributed by atoms with Gasteiger partial charge in [-0.05, 0) is 43.3 Å². The maximum absolute atomic E-state index is 13.1. The molecule has 0 saturated heterocycles. The van der Waals surface area contributed by atoms with Gasteiger partial charge in [0.2, 0.25) is 0 Å². The van der Waals surface area contributed by atoms with Crippen molar-refractivity contribution in [3.8, 4) is 10.6 Å². The minimum atomic E-state index is -0.620. The molecular weight excluding hydrogens is 421 g/mol. The standard InChI is InChI=1S/C22H18FN3O4S/c1-2-25-21(28)17-5-3-4-6-18(17)26(22(25)29)11-19(27)30-12-16-13-31-20(24-16)14-7-9-15(23)10-8-14/h3-10,13H,2,11-12H2,1H3. The van der Waals surface area contributed by atoms with Crippen molar-refractivity contribution in [2.24, 2.45) is 0 Å². The number of hydrogen-bond acceptors (Lipinski definition) is 6. The van der Waals surface area contributed by atoms with Gasteiger partial charge in [-0.2, -0.15) is 0 Å². The number of ether oxygens (including phenoxy) is 1. The number of para-hydroxylation sites is 1. The zero-order valence-corrected chi connectivity index (χ0v) is 17.4. The predicted molar refractivity (Wildman–Crippen MR) is 115 cm³/mol. The van der Waals surface area contributed by atoms with E-state index in [1.165, 1.54) is 28.0 Å². The molecule has 0 unspecified atom stereocenters. The molecule has 0 bridgehead atoms. The number of halogens is 1. The summed E-state index contributed by atoms with van der Waals surface area (Å²) in [7, 11) is 0. The van der Waals surface area contributed by atoms with Crippen LogP contribution in [0.15, 0.2) is 63.5 Å². The molecule has 4 rings (SSSR count). The maximum atomic E-state index is 13.1. The average Bonchev–Trinajstić information content (AvgIpc) is 3.25. The fourth-order valence-electron chi connectivity index (χ4n) is 3.23. The molecule has 0 radical (unpaired) electrons. The molecule has 2 aromatic carbocycles. The van der Waals surface area contributed by atoms with Crippen molar-refractivity contribution < 1.29 is 13.9 Å². The second-order valence-electron chi connectivity index (χ2n) is 6.75. The Morgan fingerprint density at radius 2 is 1.84 bits per heavy atom. The summed E-state index contributed by atoms with van der Waals surface area (Å²) in [5.41, 5.74) is 0.752. The van der Waals surface area contributed by atoms with E-state index < -0.39 is 11.7 Å². The van der Waals surface area contributed by atoms with Crippen LogP contribution in [0.2, 0.25) is 0 Å². The average molecular weight is 439 g/mol. The lowest BCUT2D eigenvalue weighted by atomic mass is 10.2. The number of fused-ring (bicyclic) bond motifs is 1. The van der Waals surface area contributed by atoms with Crippen LogP contribution < -0.4 is 11.2 Å². The first kappa shape index (κ1) is 20.7. The van der Waals surface area contributed by atoms with E-state index in [1.807, 2.05) is 0 Å². The van der Waals surface area contributed by atoms with E-state index in [-0.39, 0.29) is 31.1 Å². The minimum Gasteiger partial charge on any atom is -0.458 e. The van der Waals surface area contributed by atoms with Crippen molar-refractivity contribution in [1.82, 2.24) is 14.1 Å². The van der Waals surface area contributed by atoms with Crippen molar-refractivity contribution >= 4 is 28.2 Å². The molecule has 0 aliphatic heterocycles. The van der Waals surface area contributed by atoms with Crippen LogP contribution in [0.3, 0.4) is 0 Å². The molecule has 2 heterocycles. The van der Waals surface area contributed by atoms with Crippen molar-refractivity contribution in [3.63, 3.8) is 0 Å². The van der Waals surface area contributed by atoms with Gasteiger partial charge in [-0.1, -0.05) is 12.1 Å². The summed E-state index contributed by atoms with van der Waals surface area (Å²) in [5.74, 6) is -0.948. The molecule has 7 nitrogen and oxygen atoms in total. The molecule has 0 amide bonds. The third-order valence-corrected chi connectivity index (χ3v) is 5.70. The smallest absolute Gasteiger partial charge is 0.332 e. The first-order valence-electron chi connectivity index (χ1n) is 9.56.